The van der Waals surface area contributed by atoms with Crippen molar-refractivity contribution in [2.45, 2.75) is 25.4 Å². The Balaban J connectivity index is 1.25. The third kappa shape index (κ3) is 5.12. The summed E-state index contributed by atoms with van der Waals surface area (Å²) in [5.41, 5.74) is 11.4. The molecule has 4 aromatic rings. The minimum absolute atomic E-state index is 0.157. The number of rotatable bonds is 5. The summed E-state index contributed by atoms with van der Waals surface area (Å²) in [6, 6.07) is 14.1. The molecule has 0 atom stereocenters. The first kappa shape index (κ1) is 23.7. The normalized spacial score (nSPS) is 17.5. The molecule has 10 heteroatoms. The molecule has 188 valence electrons. The third-order valence-electron chi connectivity index (χ3n) is 6.68. The van der Waals surface area contributed by atoms with Crippen molar-refractivity contribution in [3.8, 4) is 22.4 Å². The van der Waals surface area contributed by atoms with Crippen molar-refractivity contribution in [3.05, 3.63) is 59.5 Å². The largest absolute Gasteiger partial charge is 0.392 e. The third-order valence-corrected chi connectivity index (χ3v) is 7.17. The molecule has 0 radical (unpaired) electrons. The van der Waals surface area contributed by atoms with Crippen LogP contribution in [0.1, 0.15) is 19.3 Å². The number of nitrogens with zero attached hydrogens (tertiary/aromatic N) is 6. The van der Waals surface area contributed by atoms with Gasteiger partial charge in [0.25, 0.3) is 0 Å². The fourth-order valence-electron chi connectivity index (χ4n) is 4.69. The van der Waals surface area contributed by atoms with E-state index in [9.17, 15) is 0 Å². The highest BCUT2D eigenvalue weighted by atomic mass is 79.9. The minimum Gasteiger partial charge on any atom is -0.392 e. The second kappa shape index (κ2) is 10.4. The van der Waals surface area contributed by atoms with E-state index in [1.165, 1.54) is 6.33 Å². The topological polar surface area (TPSA) is 112 Å². The first-order chi connectivity index (χ1) is 18.1. The highest BCUT2D eigenvalue weighted by Gasteiger charge is 2.22. The Kier molecular flexibility index (Phi) is 6.67. The summed E-state index contributed by atoms with van der Waals surface area (Å²) in [6.45, 7) is 3.07. The lowest BCUT2D eigenvalue weighted by atomic mass is 10.0. The fourth-order valence-corrected chi connectivity index (χ4v) is 5.09. The molecular formula is C27H26BrN7O2. The summed E-state index contributed by atoms with van der Waals surface area (Å²) < 4.78 is 6.36. The van der Waals surface area contributed by atoms with E-state index in [1.807, 2.05) is 48.7 Å². The molecule has 5 heterocycles. The highest BCUT2D eigenvalue weighted by Crippen LogP contribution is 2.34. The maximum Gasteiger partial charge on any atom is 0.165 e. The Hall–Kier alpha value is -3.63. The van der Waals surface area contributed by atoms with Crippen LogP contribution in [-0.4, -0.2) is 58.1 Å². The summed E-state index contributed by atoms with van der Waals surface area (Å²) in [7, 11) is 0. The first-order valence-electron chi connectivity index (χ1n) is 12.3. The number of hydrogen-bond donors (Lipinski definition) is 1. The molecule has 0 saturated carbocycles. The molecule has 0 unspecified atom stereocenters. The number of oxime groups is 1. The molecule has 2 aliphatic heterocycles. The smallest absolute Gasteiger partial charge is 0.165 e. The molecule has 2 saturated heterocycles. The molecule has 2 fully saturated rings. The van der Waals surface area contributed by atoms with Crippen molar-refractivity contribution < 1.29 is 9.57 Å². The number of hydrogen-bond acceptors (Lipinski definition) is 9. The Morgan fingerprint density at radius 1 is 1.05 bits per heavy atom. The van der Waals surface area contributed by atoms with Gasteiger partial charge < -0.3 is 20.2 Å². The zero-order valence-electron chi connectivity index (χ0n) is 20.2. The summed E-state index contributed by atoms with van der Waals surface area (Å²) in [6.07, 6.45) is 6.12. The van der Waals surface area contributed by atoms with E-state index in [0.717, 1.165) is 82.8 Å². The van der Waals surface area contributed by atoms with Crippen molar-refractivity contribution >= 4 is 44.3 Å². The van der Waals surface area contributed by atoms with E-state index in [0.29, 0.717) is 18.0 Å². The van der Waals surface area contributed by atoms with Gasteiger partial charge in [0.05, 0.1) is 36.6 Å². The van der Waals surface area contributed by atoms with E-state index in [-0.39, 0.29) is 6.10 Å². The molecule has 0 aliphatic carbocycles. The molecule has 9 nitrogen and oxygen atoms in total. The number of benzene rings is 1. The lowest BCUT2D eigenvalue weighted by molar-refractivity contribution is -0.0301. The minimum atomic E-state index is 0.157. The summed E-state index contributed by atoms with van der Waals surface area (Å²) in [5, 5.41) is 5.16. The van der Waals surface area contributed by atoms with Gasteiger partial charge in [0, 0.05) is 42.0 Å². The van der Waals surface area contributed by atoms with E-state index in [4.69, 9.17) is 25.3 Å². The van der Waals surface area contributed by atoms with Gasteiger partial charge in [-0.05, 0) is 41.5 Å². The molecule has 1 aromatic carbocycles. The molecule has 2 aliphatic rings. The second-order valence-corrected chi connectivity index (χ2v) is 10.1. The predicted octanol–water partition coefficient (Wildman–Crippen LogP) is 4.86. The summed E-state index contributed by atoms with van der Waals surface area (Å²) in [4.78, 5) is 26.1. The van der Waals surface area contributed by atoms with Gasteiger partial charge in [0.2, 0.25) is 0 Å². The molecule has 0 spiro atoms. The number of nitrogens with two attached hydrogens (primary N) is 1. The van der Waals surface area contributed by atoms with Crippen LogP contribution in [0.2, 0.25) is 0 Å². The Labute approximate surface area is 222 Å². The number of halogens is 1. The number of ether oxygens (including phenoxy) is 1. The van der Waals surface area contributed by atoms with E-state index in [2.05, 4.69) is 36.0 Å². The van der Waals surface area contributed by atoms with Crippen molar-refractivity contribution in [3.63, 3.8) is 0 Å². The molecule has 6 rings (SSSR count). The zero-order valence-corrected chi connectivity index (χ0v) is 21.8. The number of pyridine rings is 2. The van der Waals surface area contributed by atoms with Crippen LogP contribution >= 0.6 is 15.9 Å². The second-order valence-electron chi connectivity index (χ2n) is 9.17. The van der Waals surface area contributed by atoms with Gasteiger partial charge in [0.1, 0.15) is 24.1 Å². The van der Waals surface area contributed by atoms with Gasteiger partial charge in [-0.25, -0.2) is 19.9 Å². The Morgan fingerprint density at radius 3 is 2.76 bits per heavy atom. The van der Waals surface area contributed by atoms with Crippen LogP contribution in [0.4, 0.5) is 11.6 Å². The van der Waals surface area contributed by atoms with Gasteiger partial charge in [-0.2, -0.15) is 0 Å². The molecule has 3 aromatic heterocycles. The van der Waals surface area contributed by atoms with Gasteiger partial charge in [0.15, 0.2) is 5.65 Å². The maximum atomic E-state index is 6.24. The fraction of sp³-hybridized carbons (Fsp3) is 0.296. The molecule has 2 N–H and O–H groups in total. The van der Waals surface area contributed by atoms with Crippen LogP contribution < -0.4 is 10.6 Å². The number of aromatic nitrogens is 4. The van der Waals surface area contributed by atoms with Gasteiger partial charge >= 0.3 is 0 Å². The molecule has 0 bridgehead atoms. The number of anilines is 2. The van der Waals surface area contributed by atoms with Gasteiger partial charge in [-0.3, -0.25) is 0 Å². The summed E-state index contributed by atoms with van der Waals surface area (Å²) >= 11 is 3.57. The average Bonchev–Trinajstić information content (AvgIpc) is 3.41. The Morgan fingerprint density at radius 2 is 1.95 bits per heavy atom. The quantitative estimate of drug-likeness (QED) is 0.345. The first-order valence-corrected chi connectivity index (χ1v) is 13.1. The zero-order chi connectivity index (χ0) is 25.2. The van der Waals surface area contributed by atoms with Crippen LogP contribution in [-0.2, 0) is 9.57 Å². The van der Waals surface area contributed by atoms with Crippen molar-refractivity contribution in [2.75, 3.05) is 36.9 Å². The van der Waals surface area contributed by atoms with Crippen LogP contribution in [0, 0.1) is 0 Å². The molecular weight excluding hydrogens is 534 g/mol. The summed E-state index contributed by atoms with van der Waals surface area (Å²) in [5.74, 6) is 1.30. The van der Waals surface area contributed by atoms with E-state index in [1.54, 1.807) is 0 Å². The predicted molar refractivity (Wildman–Crippen MR) is 147 cm³/mol. The van der Waals surface area contributed by atoms with Gasteiger partial charge in [-0.1, -0.05) is 33.2 Å². The number of fused-ring (bicyclic) bond motifs is 1. The lowest BCUT2D eigenvalue weighted by Gasteiger charge is -2.20. The van der Waals surface area contributed by atoms with Crippen LogP contribution in [0.25, 0.3) is 33.4 Å². The standard InChI is InChI=1S/C27H26BrN7O2/c28-19-3-1-2-17(12-19)22-13-23(33-27-25(22)26(29)31-16-32-27)18-4-5-24(30-14-18)35-9-6-20(15-35)34-37-21-7-10-36-11-8-21/h1-5,12-14,16,21H,6-11,15H2,(H2,29,31,32,33). The van der Waals surface area contributed by atoms with Crippen LogP contribution in [0.3, 0.4) is 0 Å². The molecule has 0 amide bonds. The highest BCUT2D eigenvalue weighted by molar-refractivity contribution is 9.10. The monoisotopic (exact) mass is 559 g/mol. The maximum absolute atomic E-state index is 6.24. The van der Waals surface area contributed by atoms with Crippen LogP contribution in [0.15, 0.2) is 64.6 Å². The van der Waals surface area contributed by atoms with Crippen molar-refractivity contribution in [1.29, 1.82) is 0 Å². The number of nitrogen functional groups attached to an aromatic ring is 1. The Bertz CT molecular complexity index is 1460. The molecule has 37 heavy (non-hydrogen) atoms. The SMILES string of the molecule is Nc1ncnc2nc(-c3ccc(N4CCC(=NOC5CCOCC5)C4)nc3)cc(-c3cccc(Br)c3)c12. The van der Waals surface area contributed by atoms with E-state index >= 15 is 0 Å². The van der Waals surface area contributed by atoms with Gasteiger partial charge in [-0.15, -0.1) is 0 Å². The van der Waals surface area contributed by atoms with E-state index < -0.39 is 0 Å². The van der Waals surface area contributed by atoms with Crippen LogP contribution in [0.5, 0.6) is 0 Å². The average molecular weight is 560 g/mol. The lowest BCUT2D eigenvalue weighted by Crippen LogP contribution is -2.23. The van der Waals surface area contributed by atoms with Crippen molar-refractivity contribution in [2.24, 2.45) is 5.16 Å². The van der Waals surface area contributed by atoms with Crippen molar-refractivity contribution in [1.82, 2.24) is 19.9 Å².